The maximum Gasteiger partial charge on any atom is 0.255 e. The Morgan fingerprint density at radius 1 is 1.10 bits per heavy atom. The number of rotatable bonds is 2. The van der Waals surface area contributed by atoms with Gasteiger partial charge in [-0.15, -0.1) is 0 Å². The zero-order chi connectivity index (χ0) is 14.9. The summed E-state index contributed by atoms with van der Waals surface area (Å²) in [7, 11) is 0. The molecule has 0 atom stereocenters. The summed E-state index contributed by atoms with van der Waals surface area (Å²) in [6, 6.07) is 8.20. The molecule has 0 aliphatic heterocycles. The van der Waals surface area contributed by atoms with Crippen LogP contribution in [0.3, 0.4) is 0 Å². The summed E-state index contributed by atoms with van der Waals surface area (Å²) in [6.45, 7) is 0. The van der Waals surface area contributed by atoms with Crippen molar-refractivity contribution in [1.82, 2.24) is 0 Å². The maximum atomic E-state index is 12.2. The molecule has 7 heteroatoms. The van der Waals surface area contributed by atoms with E-state index in [1.165, 1.54) is 0 Å². The van der Waals surface area contributed by atoms with Gasteiger partial charge in [-0.1, -0.05) is 39.1 Å². The fourth-order valence-corrected chi connectivity index (χ4v) is 3.20. The topological polar surface area (TPSA) is 55.1 Å². The summed E-state index contributed by atoms with van der Waals surface area (Å²) in [5.74, 6) is -0.322. The number of hydrogen-bond acceptors (Lipinski definition) is 2. The van der Waals surface area contributed by atoms with Crippen molar-refractivity contribution < 1.29 is 4.79 Å². The number of nitrogen functional groups attached to an aromatic ring is 1. The smallest absolute Gasteiger partial charge is 0.255 e. The molecule has 0 aromatic heterocycles. The van der Waals surface area contributed by atoms with Gasteiger partial charge in [0.1, 0.15) is 0 Å². The summed E-state index contributed by atoms with van der Waals surface area (Å²) in [5.41, 5.74) is 7.05. The summed E-state index contributed by atoms with van der Waals surface area (Å²) < 4.78 is 1.39. The fraction of sp³-hybridized carbons (Fsp3) is 0. The molecule has 104 valence electrons. The van der Waals surface area contributed by atoms with E-state index in [1.807, 2.05) is 0 Å². The first-order chi connectivity index (χ1) is 9.38. The lowest BCUT2D eigenvalue weighted by molar-refractivity contribution is 0.102. The van der Waals surface area contributed by atoms with Crippen LogP contribution in [0.25, 0.3) is 0 Å². The predicted molar refractivity (Wildman–Crippen MR) is 90.7 cm³/mol. The quantitative estimate of drug-likeness (QED) is 0.621. The highest BCUT2D eigenvalue weighted by Gasteiger charge is 2.13. The minimum absolute atomic E-state index is 0.322. The molecule has 0 aliphatic rings. The third-order valence-corrected chi connectivity index (χ3v) is 4.25. The Labute approximate surface area is 142 Å². The van der Waals surface area contributed by atoms with Gasteiger partial charge in [-0.05, 0) is 46.3 Å². The molecule has 0 fully saturated rings. The largest absolute Gasteiger partial charge is 0.398 e. The maximum absolute atomic E-state index is 12.2. The zero-order valence-corrected chi connectivity index (χ0v) is 14.6. The van der Waals surface area contributed by atoms with Crippen LogP contribution in [-0.2, 0) is 0 Å². The second kappa shape index (κ2) is 6.35. The van der Waals surface area contributed by atoms with E-state index in [2.05, 4.69) is 37.2 Å². The van der Waals surface area contributed by atoms with Gasteiger partial charge >= 0.3 is 0 Å². The van der Waals surface area contributed by atoms with Gasteiger partial charge in [0.25, 0.3) is 5.91 Å². The van der Waals surface area contributed by atoms with Crippen molar-refractivity contribution in [2.24, 2.45) is 0 Å². The van der Waals surface area contributed by atoms with Crippen molar-refractivity contribution >= 4 is 72.3 Å². The monoisotopic (exact) mass is 436 g/mol. The van der Waals surface area contributed by atoms with Crippen LogP contribution >= 0.6 is 55.1 Å². The summed E-state index contributed by atoms with van der Waals surface area (Å²) in [4.78, 5) is 12.2. The number of carbonyl (C=O) groups is 1. The summed E-state index contributed by atoms with van der Waals surface area (Å²) in [6.07, 6.45) is 0. The fourth-order valence-electron chi connectivity index (χ4n) is 1.52. The second-order valence-corrected chi connectivity index (χ2v) is 6.52. The molecule has 0 heterocycles. The molecular weight excluding hydrogens is 431 g/mol. The average Bonchev–Trinajstić information content (AvgIpc) is 2.36. The minimum Gasteiger partial charge on any atom is -0.398 e. The van der Waals surface area contributed by atoms with Crippen LogP contribution in [0, 0.1) is 0 Å². The van der Waals surface area contributed by atoms with Crippen molar-refractivity contribution in [2.75, 3.05) is 11.1 Å². The Morgan fingerprint density at radius 3 is 2.25 bits per heavy atom. The van der Waals surface area contributed by atoms with Gasteiger partial charge in [0.2, 0.25) is 0 Å². The molecule has 0 radical (unpaired) electrons. The number of anilines is 2. The van der Waals surface area contributed by atoms with E-state index >= 15 is 0 Å². The van der Waals surface area contributed by atoms with Crippen molar-refractivity contribution in [3.8, 4) is 0 Å². The van der Waals surface area contributed by atoms with E-state index in [9.17, 15) is 4.79 Å². The molecule has 20 heavy (non-hydrogen) atoms. The first kappa shape index (κ1) is 15.6. The van der Waals surface area contributed by atoms with Crippen LogP contribution in [0.4, 0.5) is 11.4 Å². The molecule has 2 aromatic rings. The number of benzene rings is 2. The summed E-state index contributed by atoms with van der Waals surface area (Å²) in [5, 5.41) is 3.39. The standard InChI is InChI=1S/C13H8Br2Cl2N2O/c14-7-4-9(16)12(10(17)5-7)19-13(20)6-1-2-11(18)8(15)3-6/h1-5H,18H2,(H,19,20). The molecular formula is C13H8Br2Cl2N2O. The van der Waals surface area contributed by atoms with Crippen LogP contribution < -0.4 is 11.1 Å². The molecule has 2 aromatic carbocycles. The molecule has 0 spiro atoms. The van der Waals surface area contributed by atoms with Gasteiger partial charge in [0.05, 0.1) is 15.7 Å². The van der Waals surface area contributed by atoms with Crippen LogP contribution in [0.2, 0.25) is 10.0 Å². The highest BCUT2D eigenvalue weighted by atomic mass is 79.9. The van der Waals surface area contributed by atoms with E-state index in [4.69, 9.17) is 28.9 Å². The number of nitrogens with one attached hydrogen (secondary N) is 1. The van der Waals surface area contributed by atoms with Gasteiger partial charge < -0.3 is 11.1 Å². The molecule has 0 saturated carbocycles. The SMILES string of the molecule is Nc1ccc(C(=O)Nc2c(Cl)cc(Br)cc2Cl)cc1Br. The van der Waals surface area contributed by atoms with E-state index < -0.39 is 0 Å². The van der Waals surface area contributed by atoms with Gasteiger partial charge in [-0.25, -0.2) is 0 Å². The Hall–Kier alpha value is -0.750. The predicted octanol–water partition coefficient (Wildman–Crippen LogP) is 5.35. The lowest BCUT2D eigenvalue weighted by Crippen LogP contribution is -2.12. The van der Waals surface area contributed by atoms with E-state index in [0.717, 1.165) is 4.47 Å². The average molecular weight is 439 g/mol. The Morgan fingerprint density at radius 2 is 1.70 bits per heavy atom. The summed E-state index contributed by atoms with van der Waals surface area (Å²) >= 11 is 18.7. The Kier molecular flexibility index (Phi) is 4.96. The molecule has 0 bridgehead atoms. The van der Waals surface area contributed by atoms with Crippen LogP contribution in [0.5, 0.6) is 0 Å². The van der Waals surface area contributed by atoms with Gasteiger partial charge in [0, 0.05) is 20.2 Å². The molecule has 2 rings (SSSR count). The van der Waals surface area contributed by atoms with Gasteiger partial charge in [-0.2, -0.15) is 0 Å². The Balaban J connectivity index is 2.30. The normalized spacial score (nSPS) is 10.4. The van der Waals surface area contributed by atoms with Crippen LogP contribution in [-0.4, -0.2) is 5.91 Å². The number of carbonyl (C=O) groups excluding carboxylic acids is 1. The number of amides is 1. The highest BCUT2D eigenvalue weighted by Crippen LogP contribution is 2.34. The highest BCUT2D eigenvalue weighted by molar-refractivity contribution is 9.10. The van der Waals surface area contributed by atoms with E-state index in [1.54, 1.807) is 30.3 Å². The molecule has 1 amide bonds. The molecule has 3 nitrogen and oxygen atoms in total. The number of halogens is 4. The van der Waals surface area contributed by atoms with Crippen LogP contribution in [0.15, 0.2) is 39.3 Å². The lowest BCUT2D eigenvalue weighted by atomic mass is 10.2. The van der Waals surface area contributed by atoms with Crippen LogP contribution in [0.1, 0.15) is 10.4 Å². The van der Waals surface area contributed by atoms with E-state index in [0.29, 0.717) is 31.5 Å². The minimum atomic E-state index is -0.322. The van der Waals surface area contributed by atoms with Crippen molar-refractivity contribution in [3.05, 3.63) is 54.9 Å². The first-order valence-electron chi connectivity index (χ1n) is 5.39. The second-order valence-electron chi connectivity index (χ2n) is 3.93. The van der Waals surface area contributed by atoms with Crippen molar-refractivity contribution in [3.63, 3.8) is 0 Å². The van der Waals surface area contributed by atoms with Gasteiger partial charge in [-0.3, -0.25) is 4.79 Å². The number of hydrogen-bond donors (Lipinski definition) is 2. The van der Waals surface area contributed by atoms with Crippen molar-refractivity contribution in [2.45, 2.75) is 0 Å². The first-order valence-corrected chi connectivity index (χ1v) is 7.73. The number of nitrogens with two attached hydrogens (primary N) is 1. The zero-order valence-electron chi connectivity index (χ0n) is 9.88. The van der Waals surface area contributed by atoms with Crippen molar-refractivity contribution in [1.29, 1.82) is 0 Å². The molecule has 0 aliphatic carbocycles. The molecule has 3 N–H and O–H groups in total. The van der Waals surface area contributed by atoms with E-state index in [-0.39, 0.29) is 5.91 Å². The third kappa shape index (κ3) is 3.47. The molecule has 0 saturated heterocycles. The molecule has 0 unspecified atom stereocenters. The van der Waals surface area contributed by atoms with Gasteiger partial charge in [0.15, 0.2) is 0 Å². The lowest BCUT2D eigenvalue weighted by Gasteiger charge is -2.10. The third-order valence-electron chi connectivity index (χ3n) is 2.51. The Bertz CT molecular complexity index is 669.